The molecule has 2 heterocycles. The third kappa shape index (κ3) is 5.42. The molecule has 1 amide bonds. The van der Waals surface area contributed by atoms with Crippen molar-refractivity contribution in [3.05, 3.63) is 136 Å². The molecule has 0 aliphatic carbocycles. The molecule has 10 heteroatoms. The van der Waals surface area contributed by atoms with E-state index in [1.54, 1.807) is 30.3 Å². The molecule has 0 bridgehead atoms. The van der Waals surface area contributed by atoms with Gasteiger partial charge in [-0.05, 0) is 51.6 Å². The number of benzene rings is 4. The molecular formula is C34H25F3N2O5. The quantitative estimate of drug-likeness (QED) is 0.226. The van der Waals surface area contributed by atoms with Crippen LogP contribution in [0.25, 0.3) is 21.9 Å². The summed E-state index contributed by atoms with van der Waals surface area (Å²) in [6.07, 6.45) is -5.47. The fourth-order valence-electron chi connectivity index (χ4n) is 5.67. The maximum Gasteiger partial charge on any atom is 0.416 e. The van der Waals surface area contributed by atoms with Gasteiger partial charge in [-0.3, -0.25) is 14.3 Å². The monoisotopic (exact) mass is 598 g/mol. The van der Waals surface area contributed by atoms with Crippen LogP contribution in [-0.4, -0.2) is 28.3 Å². The fraction of sp³-hybridized carbons (Fsp3) is 0.147. The highest BCUT2D eigenvalue weighted by molar-refractivity contribution is 5.97. The second-order valence-electron chi connectivity index (χ2n) is 10.5. The minimum absolute atomic E-state index is 0.0747. The van der Waals surface area contributed by atoms with Crippen LogP contribution >= 0.6 is 0 Å². The van der Waals surface area contributed by atoms with Gasteiger partial charge in [-0.15, -0.1) is 0 Å². The van der Waals surface area contributed by atoms with Crippen LogP contribution < -0.4 is 10.5 Å². The summed E-state index contributed by atoms with van der Waals surface area (Å²) in [7, 11) is 0. The van der Waals surface area contributed by atoms with Gasteiger partial charge in [0.25, 0.3) is 5.56 Å². The molecule has 7 nitrogen and oxygen atoms in total. The molecule has 1 N–H and O–H groups in total. The number of aromatic nitrogens is 1. The van der Waals surface area contributed by atoms with Gasteiger partial charge in [-0.25, -0.2) is 9.59 Å². The number of aliphatic carboxylic acids is 1. The van der Waals surface area contributed by atoms with Crippen LogP contribution in [0.5, 0.6) is 0 Å². The zero-order valence-corrected chi connectivity index (χ0v) is 23.1. The number of alkyl halides is 3. The van der Waals surface area contributed by atoms with Gasteiger partial charge in [-0.2, -0.15) is 13.2 Å². The summed E-state index contributed by atoms with van der Waals surface area (Å²) in [5, 5.41) is 11.9. The van der Waals surface area contributed by atoms with E-state index in [1.807, 2.05) is 42.5 Å². The Morgan fingerprint density at radius 2 is 1.57 bits per heavy atom. The molecule has 1 aliphatic rings. The van der Waals surface area contributed by atoms with Gasteiger partial charge in [0.15, 0.2) is 6.04 Å². The summed E-state index contributed by atoms with van der Waals surface area (Å²) in [5.74, 6) is -1.50. The largest absolute Gasteiger partial charge is 0.480 e. The number of nitrogens with zero attached hydrogens (tertiary/aromatic N) is 2. The van der Waals surface area contributed by atoms with Gasteiger partial charge in [0.05, 0.1) is 12.1 Å². The number of ether oxygens (including phenoxy) is 1. The summed E-state index contributed by atoms with van der Waals surface area (Å²) in [6.45, 7) is -0.575. The number of carboxylic acid groups (broad SMARTS) is 1. The summed E-state index contributed by atoms with van der Waals surface area (Å²) in [4.78, 5) is 40.5. The Hall–Kier alpha value is -5.38. The topological polar surface area (TPSA) is 88.8 Å². The first kappa shape index (κ1) is 28.7. The molecule has 6 rings (SSSR count). The van der Waals surface area contributed by atoms with Gasteiger partial charge in [0.2, 0.25) is 0 Å². The molecule has 0 fully saturated rings. The Kier molecular flexibility index (Phi) is 7.42. The number of carbonyl (C=O) groups excluding carboxylic acids is 1. The van der Waals surface area contributed by atoms with Gasteiger partial charge in [0.1, 0.15) is 12.4 Å². The number of pyridine rings is 1. The number of carbonyl (C=O) groups is 2. The molecular weight excluding hydrogens is 573 g/mol. The zero-order chi connectivity index (χ0) is 31.0. The predicted molar refractivity (Wildman–Crippen MR) is 159 cm³/mol. The van der Waals surface area contributed by atoms with E-state index in [1.165, 1.54) is 18.2 Å². The molecule has 0 saturated carbocycles. The van der Waals surface area contributed by atoms with Crippen molar-refractivity contribution in [3.8, 4) is 11.1 Å². The molecule has 1 aliphatic heterocycles. The minimum Gasteiger partial charge on any atom is -0.480 e. The molecule has 0 spiro atoms. The second-order valence-corrected chi connectivity index (χ2v) is 10.5. The lowest BCUT2D eigenvalue weighted by Gasteiger charge is -2.22. The summed E-state index contributed by atoms with van der Waals surface area (Å²) in [6, 6.07) is 26.3. The number of carboxylic acids is 1. The van der Waals surface area contributed by atoms with Crippen LogP contribution in [0, 0.1) is 0 Å². The molecule has 5 aromatic rings. The van der Waals surface area contributed by atoms with Crippen LogP contribution in [0.4, 0.5) is 23.8 Å². The number of hydrogen-bond acceptors (Lipinski definition) is 4. The van der Waals surface area contributed by atoms with Crippen LogP contribution in [0.3, 0.4) is 0 Å². The Morgan fingerprint density at radius 1 is 0.864 bits per heavy atom. The highest BCUT2D eigenvalue weighted by atomic mass is 19.4. The van der Waals surface area contributed by atoms with Gasteiger partial charge in [0, 0.05) is 11.6 Å². The van der Waals surface area contributed by atoms with Gasteiger partial charge < -0.3 is 9.84 Å². The lowest BCUT2D eigenvalue weighted by atomic mass is 9.92. The first-order valence-electron chi connectivity index (χ1n) is 13.8. The molecule has 44 heavy (non-hydrogen) atoms. The average Bonchev–Trinajstić information content (AvgIpc) is 3.42. The summed E-state index contributed by atoms with van der Waals surface area (Å²) in [5.41, 5.74) is 0.402. The van der Waals surface area contributed by atoms with Crippen molar-refractivity contribution in [1.82, 2.24) is 4.57 Å². The third-order valence-electron chi connectivity index (χ3n) is 7.68. The maximum absolute atomic E-state index is 13.9. The summed E-state index contributed by atoms with van der Waals surface area (Å²) >= 11 is 0. The maximum atomic E-state index is 13.9. The van der Waals surface area contributed by atoms with Crippen molar-refractivity contribution in [2.75, 3.05) is 11.4 Å². The highest BCUT2D eigenvalue weighted by Crippen LogP contribution is 2.42. The predicted octanol–water partition coefficient (Wildman–Crippen LogP) is 7.06. The lowest BCUT2D eigenvalue weighted by Crippen LogP contribution is -2.32. The molecule has 4 aromatic carbocycles. The van der Waals surface area contributed by atoms with E-state index in [0.29, 0.717) is 11.1 Å². The number of amides is 1. The van der Waals surface area contributed by atoms with Crippen LogP contribution in [-0.2, 0) is 28.7 Å². The number of hydrogen-bond donors (Lipinski definition) is 1. The molecule has 0 saturated heterocycles. The smallest absolute Gasteiger partial charge is 0.416 e. The molecule has 1 unspecified atom stereocenters. The van der Waals surface area contributed by atoms with E-state index < -0.39 is 41.9 Å². The number of rotatable bonds is 6. The van der Waals surface area contributed by atoms with Crippen molar-refractivity contribution in [2.24, 2.45) is 0 Å². The normalized spacial score (nSPS) is 14.4. The van der Waals surface area contributed by atoms with E-state index in [4.69, 9.17) is 4.74 Å². The molecule has 222 valence electrons. The highest BCUT2D eigenvalue weighted by Gasteiger charge is 2.41. The van der Waals surface area contributed by atoms with E-state index in [9.17, 15) is 32.7 Å². The van der Waals surface area contributed by atoms with Crippen molar-refractivity contribution in [3.63, 3.8) is 0 Å². The zero-order valence-electron chi connectivity index (χ0n) is 23.1. The van der Waals surface area contributed by atoms with E-state index in [0.717, 1.165) is 37.9 Å². The van der Waals surface area contributed by atoms with E-state index >= 15 is 0 Å². The van der Waals surface area contributed by atoms with E-state index in [-0.39, 0.29) is 30.0 Å². The molecule has 1 aromatic heterocycles. The Morgan fingerprint density at radius 3 is 2.32 bits per heavy atom. The standard InChI is InChI=1S/C34H25F3N2O5/c35-34(36,37)26-14-7-13-24(17-26)30-25(16-23-12-6-11-22-10-4-5-15-27(22)23)18-29(40)39-28(32(41)42)19-38(31(30)39)33(43)44-20-21-8-2-1-3-9-21/h1-15,17-18,28H,16,19-20H2,(H,41,42). The average molecular weight is 599 g/mol. The first-order chi connectivity index (χ1) is 21.1. The third-order valence-corrected chi connectivity index (χ3v) is 7.68. The van der Waals surface area contributed by atoms with Crippen molar-refractivity contribution in [2.45, 2.75) is 25.2 Å². The van der Waals surface area contributed by atoms with Crippen molar-refractivity contribution >= 4 is 28.7 Å². The minimum atomic E-state index is -4.67. The van der Waals surface area contributed by atoms with Gasteiger partial charge in [-0.1, -0.05) is 84.9 Å². The Labute approximate surface area is 249 Å². The van der Waals surface area contributed by atoms with Crippen LogP contribution in [0.1, 0.15) is 28.3 Å². The molecule has 1 atom stereocenters. The fourth-order valence-corrected chi connectivity index (χ4v) is 5.67. The van der Waals surface area contributed by atoms with E-state index in [2.05, 4.69) is 0 Å². The number of halogens is 3. The Bertz CT molecular complexity index is 1950. The lowest BCUT2D eigenvalue weighted by molar-refractivity contribution is -0.140. The second kappa shape index (κ2) is 11.4. The summed E-state index contributed by atoms with van der Waals surface area (Å²) < 4.78 is 48.1. The van der Waals surface area contributed by atoms with Crippen molar-refractivity contribution in [1.29, 1.82) is 0 Å². The first-order valence-corrected chi connectivity index (χ1v) is 13.8. The van der Waals surface area contributed by atoms with Crippen LogP contribution in [0.15, 0.2) is 108 Å². The SMILES string of the molecule is O=C(O)C1CN(C(=O)OCc2ccccc2)c2c(-c3cccc(C(F)(F)F)c3)c(Cc3cccc4ccccc34)cc(=O)n21. The number of fused-ring (bicyclic) bond motifs is 2. The number of anilines is 1. The van der Waals surface area contributed by atoms with Crippen LogP contribution in [0.2, 0.25) is 0 Å². The molecule has 0 radical (unpaired) electrons. The van der Waals surface area contributed by atoms with Crippen molar-refractivity contribution < 1.29 is 32.6 Å². The van der Waals surface area contributed by atoms with Gasteiger partial charge >= 0.3 is 18.2 Å². The Balaban J connectivity index is 1.56.